The van der Waals surface area contributed by atoms with Crippen LogP contribution in [0.4, 0.5) is 5.69 Å². The van der Waals surface area contributed by atoms with Crippen LogP contribution in [0.5, 0.6) is 0 Å². The maximum atomic E-state index is 6.07. The number of hydrogen-bond donors (Lipinski definition) is 1. The van der Waals surface area contributed by atoms with Gasteiger partial charge in [-0.25, -0.2) is 4.68 Å². The molecule has 1 aliphatic rings. The largest absolute Gasteiger partial charge is 0.398 e. The molecule has 1 aromatic carbocycles. The number of nitrogen functional groups attached to an aromatic ring is 1. The molecule has 2 unspecified atom stereocenters. The number of halogens is 1. The third kappa shape index (κ3) is 2.36. The molecule has 0 saturated heterocycles. The van der Waals surface area contributed by atoms with E-state index in [1.807, 2.05) is 10.7 Å². The highest BCUT2D eigenvalue weighted by molar-refractivity contribution is 6.33. The van der Waals surface area contributed by atoms with Crippen molar-refractivity contribution in [2.24, 2.45) is 0 Å². The second-order valence-electron chi connectivity index (χ2n) is 5.01. The number of rotatable bonds is 3. The Bertz CT molecular complexity index is 615. The Labute approximate surface area is 121 Å². The number of benzene rings is 1. The number of ether oxygens (including phenoxy) is 1. The predicted octanol–water partition coefficient (Wildman–Crippen LogP) is 2.32. The molecule has 2 atom stereocenters. The van der Waals surface area contributed by atoms with Gasteiger partial charge < -0.3 is 10.5 Å². The highest BCUT2D eigenvalue weighted by Gasteiger charge is 2.28. The molecular weight excluding hydrogens is 278 g/mol. The maximum absolute atomic E-state index is 6.07. The van der Waals surface area contributed by atoms with Crippen molar-refractivity contribution < 1.29 is 4.74 Å². The summed E-state index contributed by atoms with van der Waals surface area (Å²) in [5.74, 6) is 0.716. The fourth-order valence-electron chi connectivity index (χ4n) is 2.65. The zero-order chi connectivity index (χ0) is 14.1. The molecule has 2 aromatic rings. The predicted molar refractivity (Wildman–Crippen MR) is 76.4 cm³/mol. The first-order valence-electron chi connectivity index (χ1n) is 6.55. The quantitative estimate of drug-likeness (QED) is 0.879. The topological polar surface area (TPSA) is 78.8 Å². The monoisotopic (exact) mass is 293 g/mol. The van der Waals surface area contributed by atoms with E-state index < -0.39 is 0 Å². The summed E-state index contributed by atoms with van der Waals surface area (Å²) in [5.41, 5.74) is 7.15. The van der Waals surface area contributed by atoms with Crippen LogP contribution in [0.25, 0.3) is 11.4 Å². The van der Waals surface area contributed by atoms with Crippen molar-refractivity contribution in [2.75, 3.05) is 12.8 Å². The molecule has 106 valence electrons. The van der Waals surface area contributed by atoms with E-state index in [0.717, 1.165) is 24.8 Å². The molecule has 6 nitrogen and oxygen atoms in total. The zero-order valence-electron chi connectivity index (χ0n) is 11.2. The van der Waals surface area contributed by atoms with Gasteiger partial charge in [0.25, 0.3) is 0 Å². The van der Waals surface area contributed by atoms with Crippen molar-refractivity contribution in [1.29, 1.82) is 0 Å². The van der Waals surface area contributed by atoms with Crippen molar-refractivity contribution in [2.45, 2.75) is 31.4 Å². The average Bonchev–Trinajstić information content (AvgIpc) is 3.09. The highest BCUT2D eigenvalue weighted by atomic mass is 35.5. The first kappa shape index (κ1) is 13.3. The molecular formula is C13H16ClN5O. The van der Waals surface area contributed by atoms with Crippen LogP contribution in [-0.4, -0.2) is 33.4 Å². The van der Waals surface area contributed by atoms with Crippen molar-refractivity contribution in [3.8, 4) is 11.4 Å². The third-order valence-corrected chi connectivity index (χ3v) is 4.11. The number of anilines is 1. The van der Waals surface area contributed by atoms with Gasteiger partial charge in [0.15, 0.2) is 5.82 Å². The molecule has 0 radical (unpaired) electrons. The van der Waals surface area contributed by atoms with Crippen LogP contribution in [0, 0.1) is 0 Å². The van der Waals surface area contributed by atoms with Gasteiger partial charge in [-0.05, 0) is 47.9 Å². The summed E-state index contributed by atoms with van der Waals surface area (Å²) < 4.78 is 7.26. The van der Waals surface area contributed by atoms with Gasteiger partial charge in [0.1, 0.15) is 0 Å². The standard InChI is InChI=1S/C13H16ClN5O/c1-20-10-4-3-9(7-10)19-13(16-17-18-19)8-2-5-12(15)11(14)6-8/h2,5-6,9-10H,3-4,7,15H2,1H3. The lowest BCUT2D eigenvalue weighted by Crippen LogP contribution is -2.11. The minimum atomic E-state index is 0.265. The lowest BCUT2D eigenvalue weighted by molar-refractivity contribution is 0.105. The van der Waals surface area contributed by atoms with Gasteiger partial charge in [-0.2, -0.15) is 0 Å². The zero-order valence-corrected chi connectivity index (χ0v) is 11.9. The summed E-state index contributed by atoms with van der Waals surface area (Å²) in [7, 11) is 1.74. The number of nitrogens with two attached hydrogens (primary N) is 1. The van der Waals surface area contributed by atoms with E-state index in [9.17, 15) is 0 Å². The minimum absolute atomic E-state index is 0.265. The summed E-state index contributed by atoms with van der Waals surface area (Å²) in [6.07, 6.45) is 3.26. The molecule has 0 amide bonds. The van der Waals surface area contributed by atoms with Crippen LogP contribution in [0.1, 0.15) is 25.3 Å². The van der Waals surface area contributed by atoms with Crippen LogP contribution in [0.2, 0.25) is 5.02 Å². The van der Waals surface area contributed by atoms with E-state index in [1.165, 1.54) is 0 Å². The Morgan fingerprint density at radius 2 is 2.25 bits per heavy atom. The highest BCUT2D eigenvalue weighted by Crippen LogP contribution is 2.34. The molecule has 0 aliphatic heterocycles. The normalized spacial score (nSPS) is 22.3. The molecule has 2 N–H and O–H groups in total. The third-order valence-electron chi connectivity index (χ3n) is 3.79. The summed E-state index contributed by atoms with van der Waals surface area (Å²) in [6, 6.07) is 5.71. The van der Waals surface area contributed by atoms with Crippen LogP contribution in [0.15, 0.2) is 18.2 Å². The maximum Gasteiger partial charge on any atom is 0.182 e. The number of tetrazole rings is 1. The van der Waals surface area contributed by atoms with E-state index >= 15 is 0 Å². The van der Waals surface area contributed by atoms with Crippen LogP contribution in [0.3, 0.4) is 0 Å². The summed E-state index contributed by atoms with van der Waals surface area (Å²) >= 11 is 6.07. The molecule has 1 aliphatic carbocycles. The molecule has 1 aromatic heterocycles. The Balaban J connectivity index is 1.92. The number of aromatic nitrogens is 4. The van der Waals surface area contributed by atoms with Crippen molar-refractivity contribution in [1.82, 2.24) is 20.2 Å². The molecule has 0 spiro atoms. The molecule has 0 bridgehead atoms. The van der Waals surface area contributed by atoms with Crippen molar-refractivity contribution in [3.63, 3.8) is 0 Å². The molecule has 3 rings (SSSR count). The molecule has 1 heterocycles. The minimum Gasteiger partial charge on any atom is -0.398 e. The SMILES string of the molecule is COC1CCC(n2nnnc2-c2ccc(N)c(Cl)c2)C1. The first-order valence-corrected chi connectivity index (χ1v) is 6.93. The number of methoxy groups -OCH3 is 1. The van der Waals surface area contributed by atoms with Crippen LogP contribution >= 0.6 is 11.6 Å². The van der Waals surface area contributed by atoms with E-state index in [1.54, 1.807) is 19.2 Å². The Hall–Kier alpha value is -1.66. The van der Waals surface area contributed by atoms with Gasteiger partial charge in [0.05, 0.1) is 22.9 Å². The Morgan fingerprint density at radius 3 is 2.95 bits per heavy atom. The summed E-state index contributed by atoms with van der Waals surface area (Å²) in [5, 5.41) is 12.5. The van der Waals surface area contributed by atoms with Gasteiger partial charge >= 0.3 is 0 Å². The second kappa shape index (κ2) is 5.38. The molecule has 20 heavy (non-hydrogen) atoms. The fourth-order valence-corrected chi connectivity index (χ4v) is 2.83. The van der Waals surface area contributed by atoms with Gasteiger partial charge in [-0.3, -0.25) is 0 Å². The Morgan fingerprint density at radius 1 is 1.40 bits per heavy atom. The Kier molecular flexibility index (Phi) is 3.58. The van der Waals surface area contributed by atoms with Gasteiger partial charge in [0.2, 0.25) is 0 Å². The second-order valence-corrected chi connectivity index (χ2v) is 5.42. The smallest absolute Gasteiger partial charge is 0.182 e. The van der Waals surface area contributed by atoms with E-state index in [2.05, 4.69) is 15.5 Å². The summed E-state index contributed by atoms with van der Waals surface area (Å²) in [6.45, 7) is 0. The van der Waals surface area contributed by atoms with Crippen molar-refractivity contribution in [3.05, 3.63) is 23.2 Å². The lowest BCUT2D eigenvalue weighted by Gasteiger charge is -2.12. The van der Waals surface area contributed by atoms with E-state index in [0.29, 0.717) is 16.5 Å². The van der Waals surface area contributed by atoms with Gasteiger partial charge in [-0.1, -0.05) is 11.6 Å². The molecule has 1 saturated carbocycles. The number of hydrogen-bond acceptors (Lipinski definition) is 5. The first-order chi connectivity index (χ1) is 9.69. The fraction of sp³-hybridized carbons (Fsp3) is 0.462. The number of nitrogens with zero attached hydrogens (tertiary/aromatic N) is 4. The molecule has 1 fully saturated rings. The van der Waals surface area contributed by atoms with Crippen molar-refractivity contribution >= 4 is 17.3 Å². The average molecular weight is 294 g/mol. The van der Waals surface area contributed by atoms with Gasteiger partial charge in [0, 0.05) is 12.7 Å². The van der Waals surface area contributed by atoms with Crippen LogP contribution in [-0.2, 0) is 4.74 Å². The summed E-state index contributed by atoms with van der Waals surface area (Å²) in [4.78, 5) is 0. The molecule has 7 heteroatoms. The van der Waals surface area contributed by atoms with Gasteiger partial charge in [-0.15, -0.1) is 5.10 Å². The van der Waals surface area contributed by atoms with E-state index in [-0.39, 0.29) is 12.1 Å². The van der Waals surface area contributed by atoms with E-state index in [4.69, 9.17) is 22.1 Å². The lowest BCUT2D eigenvalue weighted by atomic mass is 10.1. The van der Waals surface area contributed by atoms with Crippen LogP contribution < -0.4 is 5.73 Å².